The van der Waals surface area contributed by atoms with Gasteiger partial charge in [-0.25, -0.2) is 4.79 Å². The fourth-order valence-electron chi connectivity index (χ4n) is 6.97. The van der Waals surface area contributed by atoms with Crippen molar-refractivity contribution < 1.29 is 82.4 Å². The van der Waals surface area contributed by atoms with Crippen LogP contribution in [0.4, 0.5) is 11.4 Å². The zero-order valence-electron chi connectivity index (χ0n) is 32.7. The number of carbonyl (C=O) groups excluding carboxylic acids is 3. The highest BCUT2D eigenvalue weighted by Gasteiger charge is 2.55. The molecule has 0 atom stereocenters. The Morgan fingerprint density at radius 3 is 1.52 bits per heavy atom. The van der Waals surface area contributed by atoms with Gasteiger partial charge in [0, 0.05) is 42.7 Å². The molecule has 19 nitrogen and oxygen atoms in total. The van der Waals surface area contributed by atoms with Gasteiger partial charge in [0.25, 0.3) is 0 Å². The van der Waals surface area contributed by atoms with Crippen molar-refractivity contribution in [3.8, 4) is 34.5 Å². The molecule has 21 heteroatoms. The minimum atomic E-state index is -2.00. The first kappa shape index (κ1) is 44.3. The summed E-state index contributed by atoms with van der Waals surface area (Å²) in [7, 11) is 0. The highest BCUT2D eigenvalue weighted by molar-refractivity contribution is 6.33. The Labute approximate surface area is 360 Å². The second-order valence-corrected chi connectivity index (χ2v) is 14.6. The molecule has 0 fully saturated rings. The number of carboxylic acids is 4. The van der Waals surface area contributed by atoms with Crippen LogP contribution in [0.3, 0.4) is 0 Å². The van der Waals surface area contributed by atoms with Crippen molar-refractivity contribution in [2.24, 2.45) is 0 Å². The van der Waals surface area contributed by atoms with Crippen molar-refractivity contribution in [3.05, 3.63) is 92.5 Å². The number of aliphatic carboxylic acids is 4. The van der Waals surface area contributed by atoms with Crippen molar-refractivity contribution in [1.82, 2.24) is 0 Å². The summed E-state index contributed by atoms with van der Waals surface area (Å²) in [6.07, 6.45) is 0. The van der Waals surface area contributed by atoms with Crippen LogP contribution in [0.1, 0.15) is 46.5 Å². The summed E-state index contributed by atoms with van der Waals surface area (Å²) in [6, 6.07) is 12.4. The molecule has 2 aliphatic heterocycles. The van der Waals surface area contributed by atoms with E-state index in [-0.39, 0.29) is 91.4 Å². The number of esters is 3. The minimum Gasteiger partial charge on any atom is -0.488 e. The molecule has 2 aliphatic rings. The van der Waals surface area contributed by atoms with Crippen LogP contribution < -0.4 is 33.5 Å². The molecule has 0 unspecified atom stereocenters. The van der Waals surface area contributed by atoms with Gasteiger partial charge in [-0.1, -0.05) is 29.3 Å². The number of halogens is 2. The number of hydrogen-bond donors (Lipinski definition) is 4. The molecule has 4 aromatic rings. The van der Waals surface area contributed by atoms with Gasteiger partial charge in [-0.2, -0.15) is 0 Å². The molecule has 0 radical (unpaired) electrons. The zero-order valence-corrected chi connectivity index (χ0v) is 34.2. The number of fused-ring (bicyclic) bond motifs is 6. The second-order valence-electron chi connectivity index (χ2n) is 13.7. The largest absolute Gasteiger partial charge is 0.488 e. The molecule has 0 amide bonds. The maximum atomic E-state index is 14.1. The SMILES string of the molecule is CC(=O)Oc1cc2c(cc1Cl)C1(OC(=O)c3cc(N(CC(=O)O)CC(=O)O)c(OCCOc4cc(C)ccc4N(CC(=O)O)CC(=O)O)cc31)c1cc(Cl)c(OC(C)=O)cc1O2. The Morgan fingerprint density at radius 2 is 1.06 bits per heavy atom. The number of anilines is 2. The van der Waals surface area contributed by atoms with Crippen LogP contribution in [-0.2, 0) is 39.1 Å². The van der Waals surface area contributed by atoms with Crippen LogP contribution in [0.25, 0.3) is 0 Å². The Kier molecular flexibility index (Phi) is 12.7. The monoisotopic (exact) mass is 896 g/mol. The first-order valence-electron chi connectivity index (χ1n) is 18.1. The molecule has 4 N–H and O–H groups in total. The van der Waals surface area contributed by atoms with Crippen molar-refractivity contribution in [2.75, 3.05) is 49.2 Å². The summed E-state index contributed by atoms with van der Waals surface area (Å²) in [5.41, 5.74) is -1.29. The van der Waals surface area contributed by atoms with Gasteiger partial charge in [0.1, 0.15) is 62.4 Å². The quantitative estimate of drug-likeness (QED) is 0.0608. The van der Waals surface area contributed by atoms with Gasteiger partial charge in [0.05, 0.1) is 27.0 Å². The highest BCUT2D eigenvalue weighted by atomic mass is 35.5. The average Bonchev–Trinajstić information content (AvgIpc) is 3.44. The molecule has 0 aromatic heterocycles. The molecular weight excluding hydrogens is 863 g/mol. The van der Waals surface area contributed by atoms with Gasteiger partial charge in [0.2, 0.25) is 0 Å². The lowest BCUT2D eigenvalue weighted by Crippen LogP contribution is -2.35. The second kappa shape index (κ2) is 17.8. The van der Waals surface area contributed by atoms with E-state index in [0.717, 1.165) is 23.6 Å². The van der Waals surface area contributed by atoms with E-state index < -0.39 is 73.6 Å². The number of benzene rings is 4. The van der Waals surface area contributed by atoms with Gasteiger partial charge in [-0.15, -0.1) is 0 Å². The lowest BCUT2D eigenvalue weighted by Gasteiger charge is -2.37. The molecule has 1 spiro atoms. The molecule has 0 saturated heterocycles. The molecule has 0 bridgehead atoms. The standard InChI is InChI=1S/C41H34Cl2N2O17/c1-19-4-5-28(44(15-36(48)49)16-37(50)51)34(8-19)57-6-7-58-35-12-23-22(9-29(35)45(17-38(52)53)18-39(54)55)40(56)62-41(23)24-10-26(42)32(59-20(2)46)13-30(24)61-31-14-33(60-21(3)47)27(43)11-25(31)41/h4-5,8-14H,6-7,15-18H2,1-3H3,(H,48,49)(H,50,51)(H,52,53)(H,54,55). The molecule has 2 heterocycles. The summed E-state index contributed by atoms with van der Waals surface area (Å²) >= 11 is 13.2. The number of aryl methyl sites for hydroxylation is 1. The molecule has 0 aliphatic carbocycles. The molecule has 4 aromatic carbocycles. The van der Waals surface area contributed by atoms with Gasteiger partial charge < -0.3 is 58.6 Å². The molecule has 6 rings (SSSR count). The van der Waals surface area contributed by atoms with Crippen molar-refractivity contribution >= 4 is 76.4 Å². The van der Waals surface area contributed by atoms with Crippen molar-refractivity contribution in [1.29, 1.82) is 0 Å². The van der Waals surface area contributed by atoms with E-state index in [1.165, 1.54) is 42.5 Å². The van der Waals surface area contributed by atoms with Crippen LogP contribution >= 0.6 is 23.2 Å². The average molecular weight is 898 g/mol. The van der Waals surface area contributed by atoms with Crippen LogP contribution in [0.2, 0.25) is 10.0 Å². The molecular formula is C41H34Cl2N2O17. The summed E-state index contributed by atoms with van der Waals surface area (Å²) in [5, 5.41) is 38.3. The van der Waals surface area contributed by atoms with Crippen molar-refractivity contribution in [3.63, 3.8) is 0 Å². The highest BCUT2D eigenvalue weighted by Crippen LogP contribution is 2.60. The number of carbonyl (C=O) groups is 7. The topological polar surface area (TPSA) is 262 Å². The smallest absolute Gasteiger partial charge is 0.340 e. The third kappa shape index (κ3) is 9.22. The van der Waals surface area contributed by atoms with E-state index in [2.05, 4.69) is 0 Å². The van der Waals surface area contributed by atoms with Crippen LogP contribution in [0.5, 0.6) is 34.5 Å². The summed E-state index contributed by atoms with van der Waals surface area (Å²) in [4.78, 5) is 87.3. The van der Waals surface area contributed by atoms with E-state index >= 15 is 0 Å². The van der Waals surface area contributed by atoms with Gasteiger partial charge in [-0.05, 0) is 48.9 Å². The van der Waals surface area contributed by atoms with E-state index in [1.807, 2.05) is 0 Å². The van der Waals surface area contributed by atoms with Gasteiger partial charge in [0.15, 0.2) is 17.1 Å². The number of hydrogen-bond acceptors (Lipinski definition) is 15. The fourth-order valence-corrected chi connectivity index (χ4v) is 7.37. The fraction of sp³-hybridized carbons (Fsp3) is 0.244. The van der Waals surface area contributed by atoms with Crippen LogP contribution in [0, 0.1) is 6.92 Å². The number of nitrogens with zero attached hydrogens (tertiary/aromatic N) is 2. The van der Waals surface area contributed by atoms with Crippen LogP contribution in [-0.4, -0.2) is 102 Å². The third-order valence-corrected chi connectivity index (χ3v) is 9.79. The van der Waals surface area contributed by atoms with Gasteiger partial charge in [-0.3, -0.25) is 28.8 Å². The van der Waals surface area contributed by atoms with E-state index in [4.69, 9.17) is 51.6 Å². The first-order valence-corrected chi connectivity index (χ1v) is 18.9. The Balaban J connectivity index is 1.50. The predicted molar refractivity (Wildman–Crippen MR) is 214 cm³/mol. The molecule has 62 heavy (non-hydrogen) atoms. The Bertz CT molecular complexity index is 2460. The Hall–Kier alpha value is -7.25. The zero-order chi connectivity index (χ0) is 45.2. The number of rotatable bonds is 17. The summed E-state index contributed by atoms with van der Waals surface area (Å²) < 4.78 is 35.1. The summed E-state index contributed by atoms with van der Waals surface area (Å²) in [6.45, 7) is 0.304. The predicted octanol–water partition coefficient (Wildman–Crippen LogP) is 5.13. The summed E-state index contributed by atoms with van der Waals surface area (Å²) in [5.74, 6) is -8.27. The minimum absolute atomic E-state index is 0.0398. The first-order chi connectivity index (χ1) is 29.3. The lowest BCUT2D eigenvalue weighted by atomic mass is 9.77. The maximum absolute atomic E-state index is 14.1. The van der Waals surface area contributed by atoms with E-state index in [9.17, 15) is 54.0 Å². The lowest BCUT2D eigenvalue weighted by molar-refractivity contribution is -0.138. The molecule has 324 valence electrons. The Morgan fingerprint density at radius 1 is 0.613 bits per heavy atom. The molecule has 0 saturated carbocycles. The van der Waals surface area contributed by atoms with Gasteiger partial charge >= 0.3 is 41.8 Å². The van der Waals surface area contributed by atoms with Crippen molar-refractivity contribution in [2.45, 2.75) is 26.4 Å². The number of ether oxygens (including phenoxy) is 6. The number of carboxylic acid groups (broad SMARTS) is 4. The maximum Gasteiger partial charge on any atom is 0.340 e. The van der Waals surface area contributed by atoms with Crippen LogP contribution in [0.15, 0.2) is 54.6 Å². The third-order valence-electron chi connectivity index (χ3n) is 9.20. The van der Waals surface area contributed by atoms with E-state index in [0.29, 0.717) is 5.56 Å². The van der Waals surface area contributed by atoms with E-state index in [1.54, 1.807) is 19.1 Å². The normalized spacial score (nSPS) is 12.8.